The zero-order valence-corrected chi connectivity index (χ0v) is 18.5. The van der Waals surface area contributed by atoms with Gasteiger partial charge in [0.2, 0.25) is 5.69 Å². The molecule has 33 heavy (non-hydrogen) atoms. The predicted octanol–water partition coefficient (Wildman–Crippen LogP) is 4.49. The highest BCUT2D eigenvalue weighted by Gasteiger charge is 2.22. The minimum Gasteiger partial charge on any atom is -0.494 e. The van der Waals surface area contributed by atoms with Crippen LogP contribution in [0.2, 0.25) is 0 Å². The van der Waals surface area contributed by atoms with Crippen LogP contribution >= 0.6 is 0 Å². The Balaban J connectivity index is 1.88. The summed E-state index contributed by atoms with van der Waals surface area (Å²) >= 11 is 0. The predicted molar refractivity (Wildman–Crippen MR) is 122 cm³/mol. The van der Waals surface area contributed by atoms with Gasteiger partial charge in [0.05, 0.1) is 24.9 Å². The van der Waals surface area contributed by atoms with Crippen molar-refractivity contribution in [1.82, 2.24) is 14.9 Å². The molecule has 3 aromatic rings. The summed E-state index contributed by atoms with van der Waals surface area (Å²) in [6, 6.07) is 8.36. The minimum absolute atomic E-state index is 0.0549. The number of rotatable bonds is 6. The van der Waals surface area contributed by atoms with E-state index in [4.69, 9.17) is 16.3 Å². The van der Waals surface area contributed by atoms with E-state index in [2.05, 4.69) is 10.2 Å². The van der Waals surface area contributed by atoms with Gasteiger partial charge in [-0.1, -0.05) is 18.2 Å². The van der Waals surface area contributed by atoms with Crippen LogP contribution < -0.4 is 15.6 Å². The van der Waals surface area contributed by atoms with E-state index in [1.807, 2.05) is 0 Å². The molecule has 0 amide bonds. The van der Waals surface area contributed by atoms with Crippen molar-refractivity contribution in [3.05, 3.63) is 75.6 Å². The van der Waals surface area contributed by atoms with E-state index < -0.39 is 11.6 Å². The Bertz CT molecular complexity index is 1290. The molecule has 6 nitrogen and oxygen atoms in total. The summed E-state index contributed by atoms with van der Waals surface area (Å²) < 4.78 is 35.4. The molecule has 1 atom stereocenters. The maximum atomic E-state index is 14.5. The van der Waals surface area contributed by atoms with Crippen molar-refractivity contribution in [2.75, 3.05) is 20.2 Å². The van der Waals surface area contributed by atoms with Crippen LogP contribution in [0.25, 0.3) is 27.2 Å². The van der Waals surface area contributed by atoms with Crippen LogP contribution in [0.1, 0.15) is 18.7 Å². The van der Waals surface area contributed by atoms with Crippen LogP contribution in [0.5, 0.6) is 5.75 Å². The molecule has 1 fully saturated rings. The van der Waals surface area contributed by atoms with Gasteiger partial charge in [-0.25, -0.2) is 18.6 Å². The zero-order valence-electron chi connectivity index (χ0n) is 18.5. The lowest BCUT2D eigenvalue weighted by molar-refractivity contribution is 0.386. The number of aryl methyl sites for hydroxylation is 1. The summed E-state index contributed by atoms with van der Waals surface area (Å²) in [6.07, 6.45) is 2.53. The summed E-state index contributed by atoms with van der Waals surface area (Å²) in [5.41, 5.74) is 0.635. The molecule has 0 bridgehead atoms. The van der Waals surface area contributed by atoms with Gasteiger partial charge in [-0.3, -0.25) is 9.36 Å². The minimum atomic E-state index is -0.699. The standard InChI is InChI=1S/C25H24F2N4O2/c1-28-20-7-5-17(13-18(20)26)24-23(16-6-8-21(33-3)19(27)12-16)25(32)31(2)22(30-24)9-4-15-10-11-29-14-15/h5-8,12-13,15,29H,4,9-11,14H2,2-3H3. The average molecular weight is 450 g/mol. The Morgan fingerprint density at radius 1 is 1.21 bits per heavy atom. The fraction of sp³-hybridized carbons (Fsp3) is 0.320. The first-order chi connectivity index (χ1) is 15.9. The molecule has 1 N–H and O–H groups in total. The number of halogens is 2. The van der Waals surface area contributed by atoms with Gasteiger partial charge in [0.15, 0.2) is 11.6 Å². The van der Waals surface area contributed by atoms with Gasteiger partial charge >= 0.3 is 0 Å². The van der Waals surface area contributed by atoms with Crippen LogP contribution in [0.3, 0.4) is 0 Å². The molecular formula is C25H24F2N4O2. The Kier molecular flexibility index (Phi) is 6.52. The molecule has 1 aliphatic heterocycles. The second-order valence-corrected chi connectivity index (χ2v) is 8.14. The van der Waals surface area contributed by atoms with Crippen molar-refractivity contribution < 1.29 is 13.5 Å². The largest absolute Gasteiger partial charge is 0.494 e. The summed E-state index contributed by atoms with van der Waals surface area (Å²) in [6.45, 7) is 9.01. The fourth-order valence-corrected chi connectivity index (χ4v) is 4.20. The van der Waals surface area contributed by atoms with Gasteiger partial charge in [-0.15, -0.1) is 0 Å². The van der Waals surface area contributed by atoms with E-state index in [0.29, 0.717) is 29.3 Å². The molecule has 1 aromatic heterocycles. The molecule has 8 heteroatoms. The summed E-state index contributed by atoms with van der Waals surface area (Å²) in [5, 5.41) is 3.33. The molecule has 2 aromatic carbocycles. The molecule has 4 rings (SSSR count). The Labute approximate surface area is 190 Å². The molecule has 0 radical (unpaired) electrons. The molecule has 1 saturated heterocycles. The van der Waals surface area contributed by atoms with Gasteiger partial charge in [-0.2, -0.15) is 0 Å². The summed E-state index contributed by atoms with van der Waals surface area (Å²) in [5.74, 6) is -0.171. The van der Waals surface area contributed by atoms with Gasteiger partial charge < -0.3 is 10.1 Å². The van der Waals surface area contributed by atoms with E-state index in [9.17, 15) is 13.6 Å². The highest BCUT2D eigenvalue weighted by molar-refractivity contribution is 5.81. The Morgan fingerprint density at radius 2 is 1.97 bits per heavy atom. The van der Waals surface area contributed by atoms with E-state index in [-0.39, 0.29) is 28.3 Å². The van der Waals surface area contributed by atoms with Crippen LogP contribution in [0.15, 0.2) is 41.2 Å². The maximum absolute atomic E-state index is 14.5. The number of nitrogens with zero attached hydrogens (tertiary/aromatic N) is 3. The highest BCUT2D eigenvalue weighted by Crippen LogP contribution is 2.33. The second-order valence-electron chi connectivity index (χ2n) is 8.14. The van der Waals surface area contributed by atoms with Crippen LogP contribution in [0, 0.1) is 24.1 Å². The molecule has 0 aliphatic carbocycles. The summed E-state index contributed by atoms with van der Waals surface area (Å²) in [4.78, 5) is 21.4. The normalized spacial score (nSPS) is 15.4. The first kappa shape index (κ1) is 22.6. The van der Waals surface area contributed by atoms with E-state index in [1.54, 1.807) is 19.2 Å². The van der Waals surface area contributed by atoms with Gasteiger partial charge in [0.1, 0.15) is 11.6 Å². The molecule has 170 valence electrons. The lowest BCUT2D eigenvalue weighted by Gasteiger charge is -2.17. The van der Waals surface area contributed by atoms with Gasteiger partial charge in [-0.05, 0) is 55.6 Å². The Hall–Kier alpha value is -3.57. The topological polar surface area (TPSA) is 60.5 Å². The van der Waals surface area contributed by atoms with Crippen LogP contribution in [-0.2, 0) is 13.5 Å². The number of ether oxygens (including phenoxy) is 1. The second kappa shape index (κ2) is 9.51. The average Bonchev–Trinajstić information content (AvgIpc) is 3.33. The van der Waals surface area contributed by atoms with E-state index in [0.717, 1.165) is 25.9 Å². The third-order valence-corrected chi connectivity index (χ3v) is 6.10. The number of benzene rings is 2. The lowest BCUT2D eigenvalue weighted by atomic mass is 9.98. The Morgan fingerprint density at radius 3 is 2.61 bits per heavy atom. The number of aromatic nitrogens is 2. The lowest BCUT2D eigenvalue weighted by Crippen LogP contribution is -2.25. The zero-order chi connectivity index (χ0) is 23.5. The first-order valence-electron chi connectivity index (χ1n) is 10.7. The van der Waals surface area contributed by atoms with Crippen molar-refractivity contribution in [1.29, 1.82) is 0 Å². The first-order valence-corrected chi connectivity index (χ1v) is 10.7. The van der Waals surface area contributed by atoms with Crippen LogP contribution in [0.4, 0.5) is 14.5 Å². The molecule has 0 spiro atoms. The molecule has 1 aliphatic rings. The molecule has 0 saturated carbocycles. The smallest absolute Gasteiger partial charge is 0.261 e. The van der Waals surface area contributed by atoms with E-state index >= 15 is 0 Å². The van der Waals surface area contributed by atoms with Gasteiger partial charge in [0, 0.05) is 19.0 Å². The van der Waals surface area contributed by atoms with E-state index in [1.165, 1.54) is 35.9 Å². The highest BCUT2D eigenvalue weighted by atomic mass is 19.1. The number of hydrogen-bond donors (Lipinski definition) is 1. The van der Waals surface area contributed by atoms with Crippen LogP contribution in [-0.4, -0.2) is 29.8 Å². The maximum Gasteiger partial charge on any atom is 0.261 e. The molecule has 1 unspecified atom stereocenters. The summed E-state index contributed by atoms with van der Waals surface area (Å²) in [7, 11) is 3.01. The van der Waals surface area contributed by atoms with Crippen molar-refractivity contribution in [3.8, 4) is 28.1 Å². The van der Waals surface area contributed by atoms with Crippen molar-refractivity contribution in [2.24, 2.45) is 13.0 Å². The molecule has 2 heterocycles. The number of hydrogen-bond acceptors (Lipinski definition) is 4. The third kappa shape index (κ3) is 4.50. The SMILES string of the molecule is [C-]#[N+]c1ccc(-c2nc(CCC3CCNC3)n(C)c(=O)c2-c2ccc(OC)c(F)c2)cc1F. The van der Waals surface area contributed by atoms with Crippen molar-refractivity contribution in [2.45, 2.75) is 19.3 Å². The fourth-order valence-electron chi connectivity index (χ4n) is 4.20. The van der Waals surface area contributed by atoms with Gasteiger partial charge in [0.25, 0.3) is 5.56 Å². The molecular weight excluding hydrogens is 426 g/mol. The number of nitrogens with one attached hydrogen (secondary N) is 1. The van der Waals surface area contributed by atoms with Crippen molar-refractivity contribution >= 4 is 5.69 Å². The third-order valence-electron chi connectivity index (χ3n) is 6.10. The quantitative estimate of drug-likeness (QED) is 0.562. The monoisotopic (exact) mass is 450 g/mol. The van der Waals surface area contributed by atoms with Crippen molar-refractivity contribution in [3.63, 3.8) is 0 Å². The number of methoxy groups -OCH3 is 1.